The maximum Gasteiger partial charge on any atom is -0.0350 e. The van der Waals surface area contributed by atoms with Crippen LogP contribution >= 0.6 is 0 Å². The topological polar surface area (TPSA) is 0 Å². The standard InChI is InChI=1S/C8H14/c1-3-5-7-8-6-4-2/h3,5,7-8H,4,6H2,1-2H3/b5-3-,8-7+. The molecule has 0 spiro atoms. The molecule has 0 N–H and O–H groups in total. The molecule has 0 aliphatic heterocycles. The predicted octanol–water partition coefficient (Wildman–Crippen LogP) is 2.92. The van der Waals surface area contributed by atoms with Crippen molar-refractivity contribution in [3.63, 3.8) is 0 Å². The highest BCUT2D eigenvalue weighted by atomic mass is 13.7. The summed E-state index contributed by atoms with van der Waals surface area (Å²) < 4.78 is 0. The molecule has 0 atom stereocenters. The number of hydrogen-bond acceptors (Lipinski definition) is 0. The quantitative estimate of drug-likeness (QED) is 0.490. The van der Waals surface area contributed by atoms with Crippen LogP contribution in [0.4, 0.5) is 0 Å². The van der Waals surface area contributed by atoms with Crippen LogP contribution in [0.1, 0.15) is 26.7 Å². The fourth-order valence-electron chi connectivity index (χ4n) is 0.453. The second-order valence-electron chi connectivity index (χ2n) is 1.74. The van der Waals surface area contributed by atoms with Crippen molar-refractivity contribution in [3.05, 3.63) is 24.3 Å². The monoisotopic (exact) mass is 110 g/mol. The summed E-state index contributed by atoms with van der Waals surface area (Å²) in [6.45, 7) is 4.20. The van der Waals surface area contributed by atoms with Gasteiger partial charge in [0.15, 0.2) is 0 Å². The Morgan fingerprint density at radius 1 is 1.25 bits per heavy atom. The minimum Gasteiger partial charge on any atom is -0.0877 e. The lowest BCUT2D eigenvalue weighted by molar-refractivity contribution is 0.959. The molecule has 0 rings (SSSR count). The second-order valence-corrected chi connectivity index (χ2v) is 1.74. The number of rotatable bonds is 3. The first-order valence-electron chi connectivity index (χ1n) is 3.19. The minimum absolute atomic E-state index is 1.20. The van der Waals surface area contributed by atoms with Gasteiger partial charge in [0.05, 0.1) is 0 Å². The van der Waals surface area contributed by atoms with Gasteiger partial charge in [-0.05, 0) is 13.3 Å². The Morgan fingerprint density at radius 2 is 2.00 bits per heavy atom. The maximum absolute atomic E-state index is 2.18. The van der Waals surface area contributed by atoms with Gasteiger partial charge in [-0.3, -0.25) is 0 Å². The molecule has 0 aromatic rings. The first-order valence-corrected chi connectivity index (χ1v) is 3.19. The van der Waals surface area contributed by atoms with Gasteiger partial charge in [-0.2, -0.15) is 0 Å². The second kappa shape index (κ2) is 6.48. The number of allylic oxidation sites excluding steroid dienone is 4. The molecular weight excluding hydrogens is 96.1 g/mol. The van der Waals surface area contributed by atoms with E-state index in [1.807, 2.05) is 13.0 Å². The summed E-state index contributed by atoms with van der Waals surface area (Å²) in [5.41, 5.74) is 0. The molecule has 0 aliphatic carbocycles. The van der Waals surface area contributed by atoms with Crippen LogP contribution in [0.25, 0.3) is 0 Å². The van der Waals surface area contributed by atoms with E-state index in [2.05, 4.69) is 25.2 Å². The van der Waals surface area contributed by atoms with Gasteiger partial charge in [-0.1, -0.05) is 37.6 Å². The van der Waals surface area contributed by atoms with Crippen LogP contribution in [0.3, 0.4) is 0 Å². The SMILES string of the molecule is C/C=C\C=C\CCC. The first kappa shape index (κ1) is 7.48. The fraction of sp³-hybridized carbons (Fsp3) is 0.500. The van der Waals surface area contributed by atoms with E-state index in [4.69, 9.17) is 0 Å². The zero-order valence-electron chi connectivity index (χ0n) is 5.72. The van der Waals surface area contributed by atoms with Crippen LogP contribution in [0.15, 0.2) is 24.3 Å². The van der Waals surface area contributed by atoms with Crippen molar-refractivity contribution >= 4 is 0 Å². The first-order chi connectivity index (χ1) is 3.91. The third kappa shape index (κ3) is 5.48. The van der Waals surface area contributed by atoms with Crippen molar-refractivity contribution in [1.29, 1.82) is 0 Å². The number of hydrogen-bond donors (Lipinski definition) is 0. The van der Waals surface area contributed by atoms with E-state index in [0.717, 1.165) is 0 Å². The van der Waals surface area contributed by atoms with Crippen molar-refractivity contribution in [3.8, 4) is 0 Å². The molecule has 0 radical (unpaired) electrons. The zero-order valence-corrected chi connectivity index (χ0v) is 5.72. The molecule has 0 amide bonds. The van der Waals surface area contributed by atoms with E-state index in [0.29, 0.717) is 0 Å². The average molecular weight is 110 g/mol. The third-order valence-electron chi connectivity index (χ3n) is 0.895. The highest BCUT2D eigenvalue weighted by Crippen LogP contribution is 1.87. The smallest absolute Gasteiger partial charge is 0.0350 e. The largest absolute Gasteiger partial charge is 0.0877 e. The lowest BCUT2D eigenvalue weighted by atomic mass is 10.3. The van der Waals surface area contributed by atoms with Crippen LogP contribution in [-0.4, -0.2) is 0 Å². The van der Waals surface area contributed by atoms with Crippen molar-refractivity contribution in [2.24, 2.45) is 0 Å². The van der Waals surface area contributed by atoms with Crippen LogP contribution < -0.4 is 0 Å². The Hall–Kier alpha value is -0.520. The fourth-order valence-corrected chi connectivity index (χ4v) is 0.453. The van der Waals surface area contributed by atoms with Gasteiger partial charge in [-0.15, -0.1) is 0 Å². The van der Waals surface area contributed by atoms with Gasteiger partial charge < -0.3 is 0 Å². The van der Waals surface area contributed by atoms with Gasteiger partial charge in [-0.25, -0.2) is 0 Å². The Labute approximate surface area is 51.9 Å². The molecule has 0 saturated carbocycles. The highest BCUT2D eigenvalue weighted by Gasteiger charge is 1.67. The Kier molecular flexibility index (Phi) is 6.06. The van der Waals surface area contributed by atoms with Crippen molar-refractivity contribution in [2.45, 2.75) is 26.7 Å². The molecule has 0 nitrogen and oxygen atoms in total. The lowest BCUT2D eigenvalue weighted by Gasteiger charge is -1.78. The van der Waals surface area contributed by atoms with Gasteiger partial charge in [0.1, 0.15) is 0 Å². The normalized spacial score (nSPS) is 11.8. The van der Waals surface area contributed by atoms with Gasteiger partial charge in [0, 0.05) is 0 Å². The molecule has 0 bridgehead atoms. The molecule has 0 aromatic carbocycles. The van der Waals surface area contributed by atoms with Crippen LogP contribution in [-0.2, 0) is 0 Å². The van der Waals surface area contributed by atoms with Crippen LogP contribution in [0.2, 0.25) is 0 Å². The Morgan fingerprint density at radius 3 is 2.50 bits per heavy atom. The highest BCUT2D eigenvalue weighted by molar-refractivity contribution is 5.00. The van der Waals surface area contributed by atoms with Gasteiger partial charge >= 0.3 is 0 Å². The van der Waals surface area contributed by atoms with Crippen molar-refractivity contribution in [1.82, 2.24) is 0 Å². The molecule has 0 saturated heterocycles. The molecule has 0 heterocycles. The predicted molar refractivity (Wildman–Crippen MR) is 38.9 cm³/mol. The van der Waals surface area contributed by atoms with Crippen LogP contribution in [0, 0.1) is 0 Å². The summed E-state index contributed by atoms with van der Waals surface area (Å²) >= 11 is 0. The molecule has 8 heavy (non-hydrogen) atoms. The van der Waals surface area contributed by atoms with Crippen LogP contribution in [0.5, 0.6) is 0 Å². The molecule has 0 fully saturated rings. The summed E-state index contributed by atoms with van der Waals surface area (Å²) in [5, 5.41) is 0. The Bertz CT molecular complexity index is 78.0. The van der Waals surface area contributed by atoms with E-state index < -0.39 is 0 Å². The molecule has 0 aliphatic rings. The molecular formula is C8H14. The zero-order chi connectivity index (χ0) is 6.24. The van der Waals surface area contributed by atoms with E-state index in [-0.39, 0.29) is 0 Å². The molecule has 46 valence electrons. The van der Waals surface area contributed by atoms with E-state index in [1.165, 1.54) is 12.8 Å². The van der Waals surface area contributed by atoms with E-state index in [9.17, 15) is 0 Å². The van der Waals surface area contributed by atoms with Gasteiger partial charge in [0.25, 0.3) is 0 Å². The molecule has 0 unspecified atom stereocenters. The summed E-state index contributed by atoms with van der Waals surface area (Å²) in [4.78, 5) is 0. The number of unbranched alkanes of at least 4 members (excludes halogenated alkanes) is 1. The van der Waals surface area contributed by atoms with Crippen molar-refractivity contribution < 1.29 is 0 Å². The summed E-state index contributed by atoms with van der Waals surface area (Å²) in [7, 11) is 0. The Balaban J connectivity index is 3.07. The lowest BCUT2D eigenvalue weighted by Crippen LogP contribution is -1.57. The van der Waals surface area contributed by atoms with Gasteiger partial charge in [0.2, 0.25) is 0 Å². The van der Waals surface area contributed by atoms with Crippen molar-refractivity contribution in [2.75, 3.05) is 0 Å². The third-order valence-corrected chi connectivity index (χ3v) is 0.895. The average Bonchev–Trinajstić information content (AvgIpc) is 1.81. The summed E-state index contributed by atoms with van der Waals surface area (Å²) in [6, 6.07) is 0. The molecule has 0 aromatic heterocycles. The van der Waals surface area contributed by atoms with E-state index in [1.54, 1.807) is 0 Å². The minimum atomic E-state index is 1.20. The summed E-state index contributed by atoms with van der Waals surface area (Å²) in [6.07, 6.45) is 10.8. The maximum atomic E-state index is 2.18. The molecule has 0 heteroatoms. The van der Waals surface area contributed by atoms with E-state index >= 15 is 0 Å². The summed E-state index contributed by atoms with van der Waals surface area (Å²) in [5.74, 6) is 0.